The zero-order chi connectivity index (χ0) is 11.0. The molecule has 1 aliphatic rings. The summed E-state index contributed by atoms with van der Waals surface area (Å²) >= 11 is 0. The van der Waals surface area contributed by atoms with Crippen molar-refractivity contribution in [3.8, 4) is 0 Å². The zero-order valence-electron chi connectivity index (χ0n) is 9.07. The van der Waals surface area contributed by atoms with Gasteiger partial charge in [-0.2, -0.15) is 0 Å². The Labute approximate surface area is 88.1 Å². The summed E-state index contributed by atoms with van der Waals surface area (Å²) in [5.41, 5.74) is 2.97. The van der Waals surface area contributed by atoms with Crippen LogP contribution >= 0.6 is 0 Å². The molecule has 1 saturated heterocycles. The number of nitrogens with zero attached hydrogens (tertiary/aromatic N) is 3. The standard InChI is InChI=1S/C10H13N3O2/c1-6-7(2)11-10(12-8(6)3)13-4-9(14)15-5-13/h4-5H2,1-3H3. The lowest BCUT2D eigenvalue weighted by Gasteiger charge is -2.14. The molecular weight excluding hydrogens is 194 g/mol. The molecule has 0 N–H and O–H groups in total. The Morgan fingerprint density at radius 3 is 2.27 bits per heavy atom. The van der Waals surface area contributed by atoms with Gasteiger partial charge < -0.3 is 4.74 Å². The lowest BCUT2D eigenvalue weighted by atomic mass is 10.2. The Morgan fingerprint density at radius 1 is 1.20 bits per heavy atom. The predicted molar refractivity (Wildman–Crippen MR) is 54.5 cm³/mol. The van der Waals surface area contributed by atoms with Crippen LogP contribution in [0.1, 0.15) is 17.0 Å². The number of hydrogen-bond acceptors (Lipinski definition) is 5. The number of carbonyl (C=O) groups excluding carboxylic acids is 1. The minimum absolute atomic E-state index is 0.227. The molecule has 1 aliphatic heterocycles. The maximum atomic E-state index is 10.9. The SMILES string of the molecule is Cc1nc(N2COC(=O)C2)nc(C)c1C. The van der Waals surface area contributed by atoms with Gasteiger partial charge in [-0.15, -0.1) is 0 Å². The molecule has 0 aromatic carbocycles. The van der Waals surface area contributed by atoms with Crippen LogP contribution < -0.4 is 4.90 Å². The van der Waals surface area contributed by atoms with E-state index in [0.29, 0.717) is 5.95 Å². The summed E-state index contributed by atoms with van der Waals surface area (Å²) in [6, 6.07) is 0. The van der Waals surface area contributed by atoms with Gasteiger partial charge in [-0.1, -0.05) is 0 Å². The third kappa shape index (κ3) is 1.77. The lowest BCUT2D eigenvalue weighted by molar-refractivity contribution is -0.136. The van der Waals surface area contributed by atoms with Gasteiger partial charge in [0.15, 0.2) is 6.73 Å². The summed E-state index contributed by atoms with van der Waals surface area (Å²) < 4.78 is 4.84. The van der Waals surface area contributed by atoms with Crippen LogP contribution in [0, 0.1) is 20.8 Å². The van der Waals surface area contributed by atoms with Crippen LogP contribution in [-0.4, -0.2) is 29.2 Å². The largest absolute Gasteiger partial charge is 0.443 e. The Hall–Kier alpha value is -1.65. The number of aryl methyl sites for hydroxylation is 2. The molecule has 0 atom stereocenters. The van der Waals surface area contributed by atoms with E-state index in [0.717, 1.165) is 17.0 Å². The molecule has 0 aliphatic carbocycles. The highest BCUT2D eigenvalue weighted by Crippen LogP contribution is 2.16. The first-order valence-electron chi connectivity index (χ1n) is 4.80. The number of carbonyl (C=O) groups is 1. The van der Waals surface area contributed by atoms with Crippen molar-refractivity contribution in [2.75, 3.05) is 18.2 Å². The van der Waals surface area contributed by atoms with E-state index < -0.39 is 0 Å². The van der Waals surface area contributed by atoms with Crippen LogP contribution in [0.15, 0.2) is 0 Å². The first-order valence-corrected chi connectivity index (χ1v) is 4.80. The molecule has 0 unspecified atom stereocenters. The Morgan fingerprint density at radius 2 is 1.80 bits per heavy atom. The molecular formula is C10H13N3O2. The number of aromatic nitrogens is 2. The fourth-order valence-corrected chi connectivity index (χ4v) is 1.42. The summed E-state index contributed by atoms with van der Waals surface area (Å²) in [6.45, 7) is 6.35. The number of hydrogen-bond donors (Lipinski definition) is 0. The van der Waals surface area contributed by atoms with Crippen molar-refractivity contribution in [1.82, 2.24) is 9.97 Å². The molecule has 0 saturated carbocycles. The fraction of sp³-hybridized carbons (Fsp3) is 0.500. The van der Waals surface area contributed by atoms with Gasteiger partial charge in [-0.25, -0.2) is 9.97 Å². The molecule has 15 heavy (non-hydrogen) atoms. The molecule has 1 aromatic heterocycles. The summed E-state index contributed by atoms with van der Waals surface area (Å²) in [6.07, 6.45) is 0. The molecule has 5 heteroatoms. The van der Waals surface area contributed by atoms with E-state index in [1.165, 1.54) is 0 Å². The van der Waals surface area contributed by atoms with Crippen molar-refractivity contribution in [2.24, 2.45) is 0 Å². The maximum absolute atomic E-state index is 10.9. The Bertz CT molecular complexity index is 394. The van der Waals surface area contributed by atoms with Crippen LogP contribution in [0.2, 0.25) is 0 Å². The van der Waals surface area contributed by atoms with Gasteiger partial charge in [0, 0.05) is 11.4 Å². The van der Waals surface area contributed by atoms with Gasteiger partial charge >= 0.3 is 5.97 Å². The van der Waals surface area contributed by atoms with Crippen molar-refractivity contribution in [3.05, 3.63) is 17.0 Å². The van der Waals surface area contributed by atoms with Crippen molar-refractivity contribution in [3.63, 3.8) is 0 Å². The van der Waals surface area contributed by atoms with Crippen molar-refractivity contribution < 1.29 is 9.53 Å². The minimum Gasteiger partial charge on any atom is -0.443 e. The average molecular weight is 207 g/mol. The van der Waals surface area contributed by atoms with Crippen LogP contribution in [0.3, 0.4) is 0 Å². The first-order chi connectivity index (χ1) is 7.08. The van der Waals surface area contributed by atoms with E-state index >= 15 is 0 Å². The van der Waals surface area contributed by atoms with E-state index in [1.807, 2.05) is 20.8 Å². The number of rotatable bonds is 1. The third-order valence-electron chi connectivity index (χ3n) is 2.60. The summed E-state index contributed by atoms with van der Waals surface area (Å²) in [5, 5.41) is 0. The quantitative estimate of drug-likeness (QED) is 0.635. The molecule has 1 fully saturated rings. The molecule has 5 nitrogen and oxygen atoms in total. The topological polar surface area (TPSA) is 55.3 Å². The molecule has 0 amide bonds. The van der Waals surface area contributed by atoms with Gasteiger partial charge in [0.05, 0.1) is 0 Å². The second-order valence-electron chi connectivity index (χ2n) is 3.66. The summed E-state index contributed by atoms with van der Waals surface area (Å²) in [4.78, 5) is 21.3. The van der Waals surface area contributed by atoms with E-state index in [4.69, 9.17) is 4.74 Å². The van der Waals surface area contributed by atoms with Crippen LogP contribution in [0.5, 0.6) is 0 Å². The van der Waals surface area contributed by atoms with Gasteiger partial charge in [0.1, 0.15) is 6.54 Å². The maximum Gasteiger partial charge on any atom is 0.327 e. The highest BCUT2D eigenvalue weighted by atomic mass is 16.6. The molecule has 80 valence electrons. The summed E-state index contributed by atoms with van der Waals surface area (Å²) in [7, 11) is 0. The van der Waals surface area contributed by atoms with Gasteiger partial charge in [-0.3, -0.25) is 9.69 Å². The smallest absolute Gasteiger partial charge is 0.327 e. The number of ether oxygens (including phenoxy) is 1. The number of esters is 1. The molecule has 2 heterocycles. The zero-order valence-corrected chi connectivity index (χ0v) is 9.07. The van der Waals surface area contributed by atoms with Gasteiger partial charge in [0.25, 0.3) is 0 Å². The first kappa shape index (κ1) is 9.89. The fourth-order valence-electron chi connectivity index (χ4n) is 1.42. The van der Waals surface area contributed by atoms with Gasteiger partial charge in [-0.05, 0) is 26.3 Å². The van der Waals surface area contributed by atoms with Crippen LogP contribution in [0.4, 0.5) is 5.95 Å². The van der Waals surface area contributed by atoms with Crippen molar-refractivity contribution in [2.45, 2.75) is 20.8 Å². The van der Waals surface area contributed by atoms with E-state index in [2.05, 4.69) is 9.97 Å². The highest BCUT2D eigenvalue weighted by molar-refractivity contribution is 5.77. The lowest BCUT2D eigenvalue weighted by Crippen LogP contribution is -2.23. The minimum atomic E-state index is -0.227. The molecule has 1 aromatic rings. The second-order valence-corrected chi connectivity index (χ2v) is 3.66. The van der Waals surface area contributed by atoms with E-state index in [1.54, 1.807) is 4.90 Å². The Kier molecular flexibility index (Phi) is 2.30. The number of anilines is 1. The molecule has 0 bridgehead atoms. The second kappa shape index (κ2) is 3.49. The highest BCUT2D eigenvalue weighted by Gasteiger charge is 2.23. The van der Waals surface area contributed by atoms with Crippen molar-refractivity contribution >= 4 is 11.9 Å². The van der Waals surface area contributed by atoms with E-state index in [9.17, 15) is 4.79 Å². The third-order valence-corrected chi connectivity index (χ3v) is 2.60. The number of cyclic esters (lactones) is 1. The summed E-state index contributed by atoms with van der Waals surface area (Å²) in [5.74, 6) is 0.343. The van der Waals surface area contributed by atoms with Gasteiger partial charge in [0.2, 0.25) is 5.95 Å². The normalized spacial score (nSPS) is 15.7. The average Bonchev–Trinajstić information content (AvgIpc) is 2.60. The Balaban J connectivity index is 2.33. The molecule has 0 spiro atoms. The molecule has 0 radical (unpaired) electrons. The van der Waals surface area contributed by atoms with Crippen LogP contribution in [-0.2, 0) is 9.53 Å². The predicted octanol–water partition coefficient (Wildman–Crippen LogP) is 0.723. The monoisotopic (exact) mass is 207 g/mol. The molecule has 2 rings (SSSR count). The van der Waals surface area contributed by atoms with E-state index in [-0.39, 0.29) is 19.2 Å². The van der Waals surface area contributed by atoms with Crippen LogP contribution in [0.25, 0.3) is 0 Å². The van der Waals surface area contributed by atoms with Crippen molar-refractivity contribution in [1.29, 1.82) is 0 Å².